The van der Waals surface area contributed by atoms with Crippen LogP contribution in [0.15, 0.2) is 42.5 Å². The van der Waals surface area contributed by atoms with Crippen molar-refractivity contribution in [2.75, 3.05) is 4.90 Å². The van der Waals surface area contributed by atoms with Gasteiger partial charge >= 0.3 is 0 Å². The number of fused-ring (bicyclic) bond motifs is 1. The van der Waals surface area contributed by atoms with Gasteiger partial charge in [0.1, 0.15) is 0 Å². The van der Waals surface area contributed by atoms with E-state index in [1.54, 1.807) is 0 Å². The van der Waals surface area contributed by atoms with Crippen LogP contribution in [-0.2, 0) is 11.3 Å². The SMILES string of the molecule is Cc1cccc(CN2C(=O)C(=O)c3cc([N+](=O)[O-])ccc32)c1. The second-order valence-electron chi connectivity index (χ2n) is 5.17. The fraction of sp³-hybridized carbons (Fsp3) is 0.125. The van der Waals surface area contributed by atoms with Crippen LogP contribution in [-0.4, -0.2) is 16.6 Å². The van der Waals surface area contributed by atoms with Gasteiger partial charge in [-0.3, -0.25) is 19.7 Å². The highest BCUT2D eigenvalue weighted by Crippen LogP contribution is 2.33. The van der Waals surface area contributed by atoms with Crippen LogP contribution in [0.4, 0.5) is 11.4 Å². The molecule has 22 heavy (non-hydrogen) atoms. The van der Waals surface area contributed by atoms with Gasteiger partial charge in [0.2, 0.25) is 0 Å². The van der Waals surface area contributed by atoms with Crippen LogP contribution in [0, 0.1) is 17.0 Å². The number of nitro benzene ring substituents is 1. The van der Waals surface area contributed by atoms with Crippen LogP contribution in [0.1, 0.15) is 21.5 Å². The quantitative estimate of drug-likeness (QED) is 0.495. The molecule has 2 aromatic rings. The van der Waals surface area contributed by atoms with Gasteiger partial charge in [0.05, 0.1) is 22.7 Å². The summed E-state index contributed by atoms with van der Waals surface area (Å²) in [6, 6.07) is 11.5. The molecule has 0 saturated heterocycles. The average molecular weight is 296 g/mol. The van der Waals surface area contributed by atoms with E-state index in [9.17, 15) is 19.7 Å². The third-order valence-corrected chi connectivity index (χ3v) is 3.59. The van der Waals surface area contributed by atoms with Gasteiger partial charge < -0.3 is 4.90 Å². The molecular weight excluding hydrogens is 284 g/mol. The third kappa shape index (κ3) is 2.24. The Morgan fingerprint density at radius 3 is 2.59 bits per heavy atom. The number of anilines is 1. The van der Waals surface area contributed by atoms with E-state index in [0.717, 1.165) is 17.2 Å². The molecule has 0 atom stereocenters. The minimum Gasteiger partial charge on any atom is -0.300 e. The number of carbonyl (C=O) groups excluding carboxylic acids is 2. The summed E-state index contributed by atoms with van der Waals surface area (Å²) in [5.74, 6) is -1.36. The topological polar surface area (TPSA) is 80.5 Å². The number of hydrogen-bond donors (Lipinski definition) is 0. The number of non-ortho nitro benzene ring substituents is 1. The summed E-state index contributed by atoms with van der Waals surface area (Å²) < 4.78 is 0. The molecule has 0 bridgehead atoms. The maximum absolute atomic E-state index is 12.1. The van der Waals surface area contributed by atoms with E-state index in [0.29, 0.717) is 5.69 Å². The van der Waals surface area contributed by atoms with Crippen molar-refractivity contribution >= 4 is 23.1 Å². The normalized spacial score (nSPS) is 13.4. The number of carbonyl (C=O) groups is 2. The summed E-state index contributed by atoms with van der Waals surface area (Å²) in [6.45, 7) is 2.20. The molecular formula is C16H12N2O4. The predicted molar refractivity (Wildman–Crippen MR) is 79.8 cm³/mol. The van der Waals surface area contributed by atoms with Crippen LogP contribution in [0.25, 0.3) is 0 Å². The number of nitrogens with zero attached hydrogens (tertiary/aromatic N) is 2. The molecule has 110 valence electrons. The molecule has 1 heterocycles. The van der Waals surface area contributed by atoms with Crippen LogP contribution in [0.2, 0.25) is 0 Å². The smallest absolute Gasteiger partial charge is 0.299 e. The molecule has 0 unspecified atom stereocenters. The number of hydrogen-bond acceptors (Lipinski definition) is 4. The third-order valence-electron chi connectivity index (χ3n) is 3.59. The van der Waals surface area contributed by atoms with Crippen molar-refractivity contribution in [1.82, 2.24) is 0 Å². The summed E-state index contributed by atoms with van der Waals surface area (Å²) in [6.07, 6.45) is 0. The number of amides is 1. The molecule has 0 spiro atoms. The molecule has 1 amide bonds. The average Bonchev–Trinajstić information content (AvgIpc) is 2.72. The number of aryl methyl sites for hydroxylation is 1. The Kier molecular flexibility index (Phi) is 3.21. The molecule has 0 saturated carbocycles. The molecule has 0 N–H and O–H groups in total. The summed E-state index contributed by atoms with van der Waals surface area (Å²) in [5.41, 5.74) is 2.26. The van der Waals surface area contributed by atoms with Gasteiger partial charge in [0, 0.05) is 12.1 Å². The molecule has 0 aliphatic carbocycles. The first-order valence-corrected chi connectivity index (χ1v) is 6.67. The van der Waals surface area contributed by atoms with Crippen LogP contribution in [0.5, 0.6) is 0 Å². The number of benzene rings is 2. The van der Waals surface area contributed by atoms with Gasteiger partial charge in [-0.05, 0) is 18.6 Å². The summed E-state index contributed by atoms with van der Waals surface area (Å²) in [7, 11) is 0. The lowest BCUT2D eigenvalue weighted by molar-refractivity contribution is -0.384. The minimum atomic E-state index is -0.702. The van der Waals surface area contributed by atoms with Crippen LogP contribution in [0.3, 0.4) is 0 Å². The Bertz CT molecular complexity index is 814. The van der Waals surface area contributed by atoms with Crippen LogP contribution >= 0.6 is 0 Å². The largest absolute Gasteiger partial charge is 0.300 e. The van der Waals surface area contributed by atoms with Crippen molar-refractivity contribution in [2.24, 2.45) is 0 Å². The van der Waals surface area contributed by atoms with Gasteiger partial charge in [-0.1, -0.05) is 29.8 Å². The first-order valence-electron chi connectivity index (χ1n) is 6.67. The van der Waals surface area contributed by atoms with Crippen molar-refractivity contribution in [3.05, 3.63) is 69.3 Å². The molecule has 1 aliphatic heterocycles. The Labute approximate surface area is 126 Å². The molecule has 1 aliphatic rings. The lowest BCUT2D eigenvalue weighted by Crippen LogP contribution is -2.29. The molecule has 0 aromatic heterocycles. The van der Waals surface area contributed by atoms with Gasteiger partial charge in [0.25, 0.3) is 17.4 Å². The first kappa shape index (κ1) is 13.9. The minimum absolute atomic E-state index is 0.0897. The number of rotatable bonds is 3. The highest BCUT2D eigenvalue weighted by atomic mass is 16.6. The zero-order chi connectivity index (χ0) is 15.9. The zero-order valence-corrected chi connectivity index (χ0v) is 11.8. The van der Waals surface area contributed by atoms with Gasteiger partial charge in [-0.2, -0.15) is 0 Å². The van der Waals surface area contributed by atoms with Gasteiger partial charge in [-0.25, -0.2) is 0 Å². The molecule has 0 radical (unpaired) electrons. The monoisotopic (exact) mass is 296 g/mol. The molecule has 0 fully saturated rings. The number of nitro groups is 1. The van der Waals surface area contributed by atoms with Crippen molar-refractivity contribution in [3.63, 3.8) is 0 Å². The summed E-state index contributed by atoms with van der Waals surface area (Å²) >= 11 is 0. The maximum atomic E-state index is 12.1. The fourth-order valence-electron chi connectivity index (χ4n) is 2.55. The van der Waals surface area contributed by atoms with Crippen molar-refractivity contribution in [2.45, 2.75) is 13.5 Å². The Morgan fingerprint density at radius 2 is 1.91 bits per heavy atom. The van der Waals surface area contributed by atoms with Crippen molar-refractivity contribution in [3.8, 4) is 0 Å². The van der Waals surface area contributed by atoms with Crippen LogP contribution < -0.4 is 4.90 Å². The van der Waals surface area contributed by atoms with E-state index >= 15 is 0 Å². The molecule has 6 heteroatoms. The molecule has 2 aromatic carbocycles. The molecule has 3 rings (SSSR count). The number of Topliss-reactive ketones (excluding diaryl/α,β-unsaturated/α-hetero) is 1. The van der Waals surface area contributed by atoms with E-state index in [-0.39, 0.29) is 17.8 Å². The van der Waals surface area contributed by atoms with Crippen molar-refractivity contribution in [1.29, 1.82) is 0 Å². The lowest BCUT2D eigenvalue weighted by Gasteiger charge is -2.16. The predicted octanol–water partition coefficient (Wildman–Crippen LogP) is 2.63. The highest BCUT2D eigenvalue weighted by Gasteiger charge is 2.36. The zero-order valence-electron chi connectivity index (χ0n) is 11.8. The Morgan fingerprint density at radius 1 is 1.14 bits per heavy atom. The standard InChI is InChI=1S/C16H12N2O4/c1-10-3-2-4-11(7-10)9-17-14-6-5-12(18(21)22)8-13(14)15(19)16(17)20/h2-8H,9H2,1H3. The Hall–Kier alpha value is -3.02. The van der Waals surface area contributed by atoms with Gasteiger partial charge in [0.15, 0.2) is 0 Å². The van der Waals surface area contributed by atoms with E-state index in [2.05, 4.69) is 0 Å². The summed E-state index contributed by atoms with van der Waals surface area (Å²) in [4.78, 5) is 35.7. The van der Waals surface area contributed by atoms with Gasteiger partial charge in [-0.15, -0.1) is 0 Å². The second kappa shape index (κ2) is 5.07. The highest BCUT2D eigenvalue weighted by molar-refractivity contribution is 6.52. The Balaban J connectivity index is 2.00. The first-order chi connectivity index (χ1) is 10.5. The fourth-order valence-corrected chi connectivity index (χ4v) is 2.55. The van der Waals surface area contributed by atoms with E-state index in [4.69, 9.17) is 0 Å². The maximum Gasteiger partial charge on any atom is 0.299 e. The second-order valence-corrected chi connectivity index (χ2v) is 5.17. The number of ketones is 1. The lowest BCUT2D eigenvalue weighted by atomic mass is 10.1. The van der Waals surface area contributed by atoms with E-state index in [1.165, 1.54) is 17.0 Å². The summed E-state index contributed by atoms with van der Waals surface area (Å²) in [5, 5.41) is 10.8. The van der Waals surface area contributed by atoms with Crippen molar-refractivity contribution < 1.29 is 14.5 Å². The van der Waals surface area contributed by atoms with E-state index in [1.807, 2.05) is 31.2 Å². The van der Waals surface area contributed by atoms with E-state index < -0.39 is 16.6 Å². The molecule has 6 nitrogen and oxygen atoms in total.